The van der Waals surface area contributed by atoms with E-state index in [0.717, 1.165) is 5.56 Å². The lowest BCUT2D eigenvalue weighted by molar-refractivity contribution is -0.127. The molecule has 0 fully saturated rings. The predicted octanol–water partition coefficient (Wildman–Crippen LogP) is 0.894. The summed E-state index contributed by atoms with van der Waals surface area (Å²) in [6.45, 7) is 0.826. The number of hydrogen-bond donors (Lipinski definition) is 1. The summed E-state index contributed by atoms with van der Waals surface area (Å²) in [6.07, 6.45) is 0.903. The molecule has 0 radical (unpaired) electrons. The lowest BCUT2D eigenvalue weighted by Gasteiger charge is -2.07. The first-order chi connectivity index (χ1) is 7.74. The van der Waals surface area contributed by atoms with Gasteiger partial charge in [0, 0.05) is 6.61 Å². The summed E-state index contributed by atoms with van der Waals surface area (Å²) >= 11 is 0. The second kappa shape index (κ2) is 6.74. The first-order valence-corrected chi connectivity index (χ1v) is 5.10. The maximum absolute atomic E-state index is 10.7. The average molecular weight is 221 g/mol. The molecule has 1 rings (SSSR count). The van der Waals surface area contributed by atoms with Gasteiger partial charge in [-0.2, -0.15) is 0 Å². The van der Waals surface area contributed by atoms with Gasteiger partial charge in [-0.25, -0.2) is 0 Å². The van der Waals surface area contributed by atoms with Crippen LogP contribution >= 0.6 is 0 Å². The van der Waals surface area contributed by atoms with E-state index >= 15 is 0 Å². The van der Waals surface area contributed by atoms with Gasteiger partial charge in [-0.3, -0.25) is 4.79 Å². The SMILES string of the molecule is NC(=O)C(C=O)CCOCc1ccccc1. The molecule has 16 heavy (non-hydrogen) atoms. The van der Waals surface area contributed by atoms with E-state index in [1.165, 1.54) is 0 Å². The lowest BCUT2D eigenvalue weighted by Crippen LogP contribution is -2.25. The molecule has 86 valence electrons. The number of aldehydes is 1. The third-order valence-corrected chi connectivity index (χ3v) is 2.21. The van der Waals surface area contributed by atoms with E-state index in [-0.39, 0.29) is 0 Å². The molecule has 0 heterocycles. The molecule has 0 aliphatic rings. The first kappa shape index (κ1) is 12.4. The van der Waals surface area contributed by atoms with Crippen LogP contribution in [-0.2, 0) is 20.9 Å². The monoisotopic (exact) mass is 221 g/mol. The zero-order chi connectivity index (χ0) is 11.8. The fourth-order valence-corrected chi connectivity index (χ4v) is 1.25. The lowest BCUT2D eigenvalue weighted by atomic mass is 10.1. The number of carbonyl (C=O) groups is 2. The van der Waals surface area contributed by atoms with Crippen molar-refractivity contribution in [1.82, 2.24) is 0 Å². The molecule has 4 nitrogen and oxygen atoms in total. The fourth-order valence-electron chi connectivity index (χ4n) is 1.25. The molecule has 1 aromatic rings. The van der Waals surface area contributed by atoms with Crippen molar-refractivity contribution in [2.24, 2.45) is 11.7 Å². The van der Waals surface area contributed by atoms with E-state index in [1.54, 1.807) is 0 Å². The van der Waals surface area contributed by atoms with Crippen LogP contribution in [0.3, 0.4) is 0 Å². The van der Waals surface area contributed by atoms with Crippen LogP contribution in [0, 0.1) is 5.92 Å². The summed E-state index contributed by atoms with van der Waals surface area (Å²) in [7, 11) is 0. The highest BCUT2D eigenvalue weighted by Crippen LogP contribution is 2.03. The van der Waals surface area contributed by atoms with Gasteiger partial charge in [0.05, 0.1) is 12.5 Å². The van der Waals surface area contributed by atoms with Gasteiger partial charge >= 0.3 is 0 Å². The Bertz CT molecular complexity index is 337. The quantitative estimate of drug-likeness (QED) is 0.422. The van der Waals surface area contributed by atoms with E-state index in [2.05, 4.69) is 0 Å². The van der Waals surface area contributed by atoms with Crippen LogP contribution in [-0.4, -0.2) is 18.8 Å². The number of amides is 1. The minimum Gasteiger partial charge on any atom is -0.377 e. The van der Waals surface area contributed by atoms with Crippen LogP contribution in [0.25, 0.3) is 0 Å². The van der Waals surface area contributed by atoms with Gasteiger partial charge in [0.2, 0.25) is 5.91 Å². The Hall–Kier alpha value is -1.68. The van der Waals surface area contributed by atoms with Gasteiger partial charge in [0.1, 0.15) is 6.29 Å². The van der Waals surface area contributed by atoms with E-state index in [0.29, 0.717) is 25.9 Å². The molecule has 4 heteroatoms. The smallest absolute Gasteiger partial charge is 0.227 e. The number of ether oxygens (including phenoxy) is 1. The molecule has 1 atom stereocenters. The van der Waals surface area contributed by atoms with Crippen molar-refractivity contribution in [3.8, 4) is 0 Å². The number of rotatable bonds is 7. The summed E-state index contributed by atoms with van der Waals surface area (Å²) in [6, 6.07) is 9.68. The van der Waals surface area contributed by atoms with Crippen LogP contribution in [0.4, 0.5) is 0 Å². The Labute approximate surface area is 94.4 Å². The predicted molar refractivity (Wildman–Crippen MR) is 59.5 cm³/mol. The molecular weight excluding hydrogens is 206 g/mol. The molecule has 0 bridgehead atoms. The third kappa shape index (κ3) is 4.23. The summed E-state index contributed by atoms with van der Waals surface area (Å²) in [4.78, 5) is 21.2. The van der Waals surface area contributed by atoms with Gasteiger partial charge in [0.15, 0.2) is 0 Å². The summed E-state index contributed by atoms with van der Waals surface area (Å²) < 4.78 is 5.34. The number of nitrogens with two attached hydrogens (primary N) is 1. The Morgan fingerprint density at radius 1 is 1.38 bits per heavy atom. The van der Waals surface area contributed by atoms with Crippen LogP contribution in [0.1, 0.15) is 12.0 Å². The summed E-state index contributed by atoms with van der Waals surface area (Å²) in [5.74, 6) is -1.34. The van der Waals surface area contributed by atoms with Gasteiger partial charge in [-0.05, 0) is 12.0 Å². The van der Waals surface area contributed by atoms with Crippen molar-refractivity contribution < 1.29 is 14.3 Å². The average Bonchev–Trinajstić information content (AvgIpc) is 2.30. The topological polar surface area (TPSA) is 69.4 Å². The minimum absolute atomic E-state index is 0.339. The Morgan fingerprint density at radius 2 is 2.06 bits per heavy atom. The zero-order valence-corrected chi connectivity index (χ0v) is 8.96. The van der Waals surface area contributed by atoms with Gasteiger partial charge in [-0.15, -0.1) is 0 Å². The number of benzene rings is 1. The van der Waals surface area contributed by atoms with Crippen molar-refractivity contribution in [2.45, 2.75) is 13.0 Å². The molecule has 0 aromatic heterocycles. The van der Waals surface area contributed by atoms with Gasteiger partial charge in [-0.1, -0.05) is 30.3 Å². The first-order valence-electron chi connectivity index (χ1n) is 5.10. The largest absolute Gasteiger partial charge is 0.377 e. The number of hydrogen-bond acceptors (Lipinski definition) is 3. The maximum atomic E-state index is 10.7. The standard InChI is InChI=1S/C12H15NO3/c13-12(15)11(8-14)6-7-16-9-10-4-2-1-3-5-10/h1-5,8,11H,6-7,9H2,(H2,13,15). The molecule has 1 unspecified atom stereocenters. The Kier molecular flexibility index (Phi) is 5.22. The number of carbonyl (C=O) groups excluding carboxylic acids is 2. The molecule has 2 N–H and O–H groups in total. The van der Waals surface area contributed by atoms with Crippen LogP contribution < -0.4 is 5.73 Å². The molecule has 1 amide bonds. The van der Waals surface area contributed by atoms with Gasteiger partial charge < -0.3 is 15.3 Å². The highest BCUT2D eigenvalue weighted by Gasteiger charge is 2.13. The number of primary amides is 1. The normalized spacial score (nSPS) is 12.0. The third-order valence-electron chi connectivity index (χ3n) is 2.21. The molecule has 0 aliphatic heterocycles. The van der Waals surface area contributed by atoms with Crippen LogP contribution in [0.15, 0.2) is 30.3 Å². The second-order valence-electron chi connectivity index (χ2n) is 3.47. The minimum atomic E-state index is -0.740. The molecule has 0 aliphatic carbocycles. The summed E-state index contributed by atoms with van der Waals surface area (Å²) in [5.41, 5.74) is 6.07. The van der Waals surface area contributed by atoms with E-state index in [4.69, 9.17) is 10.5 Å². The van der Waals surface area contributed by atoms with Crippen LogP contribution in [0.5, 0.6) is 0 Å². The second-order valence-corrected chi connectivity index (χ2v) is 3.47. The van der Waals surface area contributed by atoms with E-state index in [1.807, 2.05) is 30.3 Å². The van der Waals surface area contributed by atoms with Crippen LogP contribution in [0.2, 0.25) is 0 Å². The molecular formula is C12H15NO3. The Morgan fingerprint density at radius 3 is 2.62 bits per heavy atom. The maximum Gasteiger partial charge on any atom is 0.227 e. The highest BCUT2D eigenvalue weighted by atomic mass is 16.5. The van der Waals surface area contributed by atoms with Gasteiger partial charge in [0.25, 0.3) is 0 Å². The van der Waals surface area contributed by atoms with Crippen molar-refractivity contribution in [3.63, 3.8) is 0 Å². The zero-order valence-electron chi connectivity index (χ0n) is 8.96. The highest BCUT2D eigenvalue weighted by molar-refractivity contribution is 5.90. The summed E-state index contributed by atoms with van der Waals surface area (Å²) in [5, 5.41) is 0. The van der Waals surface area contributed by atoms with E-state index < -0.39 is 11.8 Å². The van der Waals surface area contributed by atoms with Crippen molar-refractivity contribution in [1.29, 1.82) is 0 Å². The Balaban J connectivity index is 2.21. The van der Waals surface area contributed by atoms with Crippen molar-refractivity contribution in [3.05, 3.63) is 35.9 Å². The molecule has 0 spiro atoms. The molecule has 0 saturated heterocycles. The molecule has 0 saturated carbocycles. The molecule has 1 aromatic carbocycles. The fraction of sp³-hybridized carbons (Fsp3) is 0.333. The van der Waals surface area contributed by atoms with Crippen molar-refractivity contribution in [2.75, 3.05) is 6.61 Å². The van der Waals surface area contributed by atoms with E-state index in [9.17, 15) is 9.59 Å². The van der Waals surface area contributed by atoms with Crippen molar-refractivity contribution >= 4 is 12.2 Å².